The third-order valence-corrected chi connectivity index (χ3v) is 4.37. The normalized spacial score (nSPS) is 21.2. The quantitative estimate of drug-likeness (QED) is 0.877. The van der Waals surface area contributed by atoms with Crippen molar-refractivity contribution in [1.29, 1.82) is 0 Å². The van der Waals surface area contributed by atoms with Crippen LogP contribution in [0.4, 0.5) is 0 Å². The highest BCUT2D eigenvalue weighted by Gasteiger charge is 2.44. The van der Waals surface area contributed by atoms with Gasteiger partial charge in [0.2, 0.25) is 5.91 Å². The van der Waals surface area contributed by atoms with Gasteiger partial charge in [0.1, 0.15) is 6.04 Å². The number of esters is 1. The van der Waals surface area contributed by atoms with Crippen molar-refractivity contribution in [2.45, 2.75) is 18.9 Å². The second kappa shape index (κ2) is 5.83. The first-order valence-corrected chi connectivity index (χ1v) is 7.47. The van der Waals surface area contributed by atoms with E-state index in [2.05, 4.69) is 4.99 Å². The average molecular weight is 310 g/mol. The smallest absolute Gasteiger partial charge is 0.314 e. The van der Waals surface area contributed by atoms with Crippen LogP contribution in [0.25, 0.3) is 10.8 Å². The molecule has 3 rings (SSSR count). The van der Waals surface area contributed by atoms with Gasteiger partial charge in [0.25, 0.3) is 0 Å². The minimum Gasteiger partial charge on any atom is -0.469 e. The van der Waals surface area contributed by atoms with Crippen molar-refractivity contribution in [1.82, 2.24) is 0 Å². The zero-order valence-electron chi connectivity index (χ0n) is 13.0. The molecule has 1 amide bonds. The Morgan fingerprint density at radius 2 is 1.87 bits per heavy atom. The first-order valence-electron chi connectivity index (χ1n) is 7.47. The molecule has 2 aromatic rings. The van der Waals surface area contributed by atoms with Crippen LogP contribution in [0.3, 0.4) is 0 Å². The van der Waals surface area contributed by atoms with Gasteiger partial charge in [0, 0.05) is 5.71 Å². The van der Waals surface area contributed by atoms with Gasteiger partial charge < -0.3 is 10.5 Å². The SMILES string of the molecule is COC(=O)[C@@H](C)C1=NC(C(N)=O)C1c1cccc2ccccc12. The molecule has 0 radical (unpaired) electrons. The van der Waals surface area contributed by atoms with Crippen molar-refractivity contribution in [2.24, 2.45) is 16.6 Å². The number of benzene rings is 2. The molecule has 2 aromatic carbocycles. The number of nitrogens with two attached hydrogens (primary N) is 1. The Hall–Kier alpha value is -2.69. The maximum Gasteiger partial charge on any atom is 0.314 e. The molecule has 0 aromatic heterocycles. The fraction of sp³-hybridized carbons (Fsp3) is 0.278. The lowest BCUT2D eigenvalue weighted by molar-refractivity contribution is -0.142. The Balaban J connectivity index is 2.09. The maximum absolute atomic E-state index is 11.8. The first-order chi connectivity index (χ1) is 11.0. The molecule has 0 fully saturated rings. The summed E-state index contributed by atoms with van der Waals surface area (Å²) < 4.78 is 4.80. The number of hydrogen-bond acceptors (Lipinski definition) is 4. The van der Waals surface area contributed by atoms with E-state index in [0.29, 0.717) is 5.71 Å². The predicted octanol–water partition coefficient (Wildman–Crippen LogP) is 2.04. The van der Waals surface area contributed by atoms with E-state index in [1.807, 2.05) is 42.5 Å². The van der Waals surface area contributed by atoms with Crippen LogP contribution in [0.15, 0.2) is 47.5 Å². The number of nitrogens with zero attached hydrogens (tertiary/aromatic N) is 1. The average Bonchev–Trinajstić information content (AvgIpc) is 2.53. The van der Waals surface area contributed by atoms with Crippen LogP contribution in [0, 0.1) is 5.92 Å². The van der Waals surface area contributed by atoms with E-state index < -0.39 is 17.9 Å². The summed E-state index contributed by atoms with van der Waals surface area (Å²) in [6.07, 6.45) is 0. The van der Waals surface area contributed by atoms with Crippen molar-refractivity contribution in [3.8, 4) is 0 Å². The number of aliphatic imine (C=N–C) groups is 1. The van der Waals surface area contributed by atoms with Gasteiger partial charge in [0.15, 0.2) is 0 Å². The lowest BCUT2D eigenvalue weighted by Crippen LogP contribution is -2.48. The molecule has 0 bridgehead atoms. The Morgan fingerprint density at radius 3 is 2.57 bits per heavy atom. The third-order valence-electron chi connectivity index (χ3n) is 4.37. The number of methoxy groups -OCH3 is 1. The Labute approximate surface area is 134 Å². The first kappa shape index (κ1) is 15.2. The summed E-state index contributed by atoms with van der Waals surface area (Å²) in [5.74, 6) is -1.63. The lowest BCUT2D eigenvalue weighted by atomic mass is 9.75. The Morgan fingerprint density at radius 1 is 1.17 bits per heavy atom. The van der Waals surface area contributed by atoms with E-state index in [9.17, 15) is 9.59 Å². The summed E-state index contributed by atoms with van der Waals surface area (Å²) in [7, 11) is 1.34. The van der Waals surface area contributed by atoms with Gasteiger partial charge in [-0.05, 0) is 23.3 Å². The van der Waals surface area contributed by atoms with Gasteiger partial charge in [-0.3, -0.25) is 14.6 Å². The van der Waals surface area contributed by atoms with Gasteiger partial charge >= 0.3 is 5.97 Å². The number of hydrogen-bond donors (Lipinski definition) is 1. The fourth-order valence-corrected chi connectivity index (χ4v) is 3.15. The van der Waals surface area contributed by atoms with Gasteiger partial charge in [0.05, 0.1) is 18.9 Å². The van der Waals surface area contributed by atoms with Crippen LogP contribution < -0.4 is 5.73 Å². The fourth-order valence-electron chi connectivity index (χ4n) is 3.15. The van der Waals surface area contributed by atoms with Crippen LogP contribution in [-0.4, -0.2) is 30.7 Å². The number of fused-ring (bicyclic) bond motifs is 1. The van der Waals surface area contributed by atoms with Gasteiger partial charge in [-0.25, -0.2) is 0 Å². The molecular formula is C18H18N2O3. The summed E-state index contributed by atoms with van der Waals surface area (Å²) in [4.78, 5) is 27.8. The molecule has 2 N–H and O–H groups in total. The highest BCUT2D eigenvalue weighted by molar-refractivity contribution is 6.13. The molecule has 0 saturated carbocycles. The molecular weight excluding hydrogens is 292 g/mol. The summed E-state index contributed by atoms with van der Waals surface area (Å²) in [5, 5.41) is 2.11. The van der Waals surface area contributed by atoms with E-state index in [0.717, 1.165) is 16.3 Å². The molecule has 0 saturated heterocycles. The maximum atomic E-state index is 11.8. The molecule has 5 heteroatoms. The molecule has 5 nitrogen and oxygen atoms in total. The number of rotatable bonds is 4. The predicted molar refractivity (Wildman–Crippen MR) is 88.3 cm³/mol. The summed E-state index contributed by atoms with van der Waals surface area (Å²) >= 11 is 0. The van der Waals surface area contributed by atoms with E-state index >= 15 is 0 Å². The summed E-state index contributed by atoms with van der Waals surface area (Å²) in [6, 6.07) is 13.2. The minimum atomic E-state index is -0.636. The monoisotopic (exact) mass is 310 g/mol. The van der Waals surface area contributed by atoms with Crippen LogP contribution in [0.1, 0.15) is 18.4 Å². The van der Waals surface area contributed by atoms with Crippen LogP contribution in [-0.2, 0) is 14.3 Å². The zero-order chi connectivity index (χ0) is 16.6. The Kier molecular flexibility index (Phi) is 3.86. The molecule has 0 aliphatic carbocycles. The van der Waals surface area contributed by atoms with Gasteiger partial charge in [-0.15, -0.1) is 0 Å². The van der Waals surface area contributed by atoms with Crippen molar-refractivity contribution >= 4 is 28.4 Å². The largest absolute Gasteiger partial charge is 0.469 e. The number of carbonyl (C=O) groups is 2. The Bertz CT molecular complexity index is 808. The summed E-state index contributed by atoms with van der Waals surface area (Å²) in [5.41, 5.74) is 7.09. The van der Waals surface area contributed by atoms with Crippen LogP contribution in [0.2, 0.25) is 0 Å². The molecule has 1 aliphatic rings. The molecule has 23 heavy (non-hydrogen) atoms. The zero-order valence-corrected chi connectivity index (χ0v) is 13.0. The van der Waals surface area contributed by atoms with Crippen molar-refractivity contribution in [3.63, 3.8) is 0 Å². The van der Waals surface area contributed by atoms with Crippen LogP contribution in [0.5, 0.6) is 0 Å². The van der Waals surface area contributed by atoms with E-state index in [-0.39, 0.29) is 11.9 Å². The second-order valence-corrected chi connectivity index (χ2v) is 5.69. The topological polar surface area (TPSA) is 81.8 Å². The standard InChI is InChI=1S/C18H18N2O3/c1-10(18(22)23-2)15-14(16(20-15)17(19)21)13-9-5-7-11-6-3-4-8-12(11)13/h3-10,14,16H,1-2H3,(H2,19,21)/t10-,14?,16?/m0/s1. The van der Waals surface area contributed by atoms with Crippen molar-refractivity contribution in [3.05, 3.63) is 48.0 Å². The highest BCUT2D eigenvalue weighted by Crippen LogP contribution is 2.38. The van der Waals surface area contributed by atoms with Crippen molar-refractivity contribution < 1.29 is 14.3 Å². The number of carbonyl (C=O) groups excluding carboxylic acids is 2. The number of primary amides is 1. The number of amides is 1. The van der Waals surface area contributed by atoms with Crippen molar-refractivity contribution in [2.75, 3.05) is 7.11 Å². The summed E-state index contributed by atoms with van der Waals surface area (Å²) in [6.45, 7) is 1.74. The molecule has 2 unspecified atom stereocenters. The molecule has 1 heterocycles. The minimum absolute atomic E-state index is 0.285. The highest BCUT2D eigenvalue weighted by atomic mass is 16.5. The van der Waals surface area contributed by atoms with E-state index in [1.54, 1.807) is 6.92 Å². The van der Waals surface area contributed by atoms with Crippen LogP contribution >= 0.6 is 0 Å². The third kappa shape index (κ3) is 2.48. The number of ether oxygens (including phenoxy) is 1. The van der Waals surface area contributed by atoms with Gasteiger partial charge in [-0.1, -0.05) is 42.5 Å². The molecule has 1 aliphatic heterocycles. The second-order valence-electron chi connectivity index (χ2n) is 5.69. The van der Waals surface area contributed by atoms with E-state index in [4.69, 9.17) is 10.5 Å². The van der Waals surface area contributed by atoms with E-state index in [1.165, 1.54) is 7.11 Å². The molecule has 0 spiro atoms. The van der Waals surface area contributed by atoms with Gasteiger partial charge in [-0.2, -0.15) is 0 Å². The molecule has 118 valence electrons. The lowest BCUT2D eigenvalue weighted by Gasteiger charge is -2.36. The molecule has 3 atom stereocenters.